The highest BCUT2D eigenvalue weighted by Crippen LogP contribution is 2.25. The van der Waals surface area contributed by atoms with Crippen molar-refractivity contribution in [3.8, 4) is 0 Å². The Balaban J connectivity index is 1.42. The number of piperidine rings is 1. The van der Waals surface area contributed by atoms with Gasteiger partial charge in [0.05, 0.1) is 31.5 Å². The molecule has 10 heteroatoms. The van der Waals surface area contributed by atoms with E-state index >= 15 is 0 Å². The van der Waals surface area contributed by atoms with Crippen LogP contribution in [0.3, 0.4) is 0 Å². The molecule has 25 heavy (non-hydrogen) atoms. The van der Waals surface area contributed by atoms with Gasteiger partial charge in [-0.05, 0) is 12.8 Å². The van der Waals surface area contributed by atoms with Crippen LogP contribution in [-0.2, 0) is 4.74 Å². The van der Waals surface area contributed by atoms with Gasteiger partial charge in [0.15, 0.2) is 5.69 Å². The third-order valence-corrected chi connectivity index (χ3v) is 5.06. The molecule has 0 bridgehead atoms. The molecule has 0 saturated carbocycles. The van der Waals surface area contributed by atoms with Crippen molar-refractivity contribution in [2.75, 3.05) is 44.3 Å². The first kappa shape index (κ1) is 16.0. The van der Waals surface area contributed by atoms with Crippen LogP contribution in [0, 0.1) is 0 Å². The second-order valence-electron chi connectivity index (χ2n) is 6.61. The maximum atomic E-state index is 12.7. The van der Waals surface area contributed by atoms with Crippen molar-refractivity contribution in [2.45, 2.75) is 24.9 Å². The maximum absolute atomic E-state index is 12.7. The Kier molecular flexibility index (Phi) is 4.12. The Morgan fingerprint density at radius 2 is 1.92 bits per heavy atom. The van der Waals surface area contributed by atoms with Gasteiger partial charge in [-0.1, -0.05) is 0 Å². The molecular formula is C15H21N7O3. The standard InChI is InChI=1S/C15H21N7O3/c16-13(23)12-6-17-14(19-18-12)20-3-1-2-10(7-20)21-4-5-22(15(21)24)11-8-25-9-11/h6,10-11H,1-5,7-9H2,(H2,16,23). The average Bonchev–Trinajstić information content (AvgIpc) is 2.95. The monoisotopic (exact) mass is 347 g/mol. The second-order valence-corrected chi connectivity index (χ2v) is 6.61. The van der Waals surface area contributed by atoms with Gasteiger partial charge in [-0.3, -0.25) is 4.79 Å². The van der Waals surface area contributed by atoms with Crippen molar-refractivity contribution < 1.29 is 14.3 Å². The third kappa shape index (κ3) is 2.97. The molecule has 0 radical (unpaired) electrons. The largest absolute Gasteiger partial charge is 0.377 e. The molecule has 0 aromatic carbocycles. The fourth-order valence-electron chi connectivity index (χ4n) is 3.57. The molecule has 3 saturated heterocycles. The lowest BCUT2D eigenvalue weighted by molar-refractivity contribution is -0.0444. The van der Waals surface area contributed by atoms with Gasteiger partial charge in [0.25, 0.3) is 5.91 Å². The zero-order valence-corrected chi connectivity index (χ0v) is 13.9. The zero-order valence-electron chi connectivity index (χ0n) is 13.9. The van der Waals surface area contributed by atoms with Gasteiger partial charge in [-0.15, -0.1) is 10.2 Å². The molecule has 3 amide bonds. The Bertz CT molecular complexity index is 664. The summed E-state index contributed by atoms with van der Waals surface area (Å²) in [6.45, 7) is 4.25. The fraction of sp³-hybridized carbons (Fsp3) is 0.667. The number of urea groups is 1. The molecule has 3 aliphatic rings. The first-order chi connectivity index (χ1) is 12.1. The summed E-state index contributed by atoms with van der Waals surface area (Å²) in [5.41, 5.74) is 5.21. The highest BCUT2D eigenvalue weighted by molar-refractivity contribution is 5.90. The molecule has 4 heterocycles. The normalized spacial score (nSPS) is 24.6. The van der Waals surface area contributed by atoms with E-state index in [0.717, 1.165) is 32.5 Å². The number of carbonyl (C=O) groups excluding carboxylic acids is 2. The molecule has 0 spiro atoms. The van der Waals surface area contributed by atoms with E-state index in [1.807, 2.05) is 14.7 Å². The zero-order chi connectivity index (χ0) is 17.4. The lowest BCUT2D eigenvalue weighted by atomic mass is 10.0. The van der Waals surface area contributed by atoms with Gasteiger partial charge < -0.3 is 25.2 Å². The van der Waals surface area contributed by atoms with Crippen molar-refractivity contribution in [3.63, 3.8) is 0 Å². The first-order valence-electron chi connectivity index (χ1n) is 8.53. The van der Waals surface area contributed by atoms with Gasteiger partial charge in [0.1, 0.15) is 0 Å². The minimum absolute atomic E-state index is 0.0467. The Labute approximate surface area is 144 Å². The number of amides is 3. The van der Waals surface area contributed by atoms with E-state index in [9.17, 15) is 9.59 Å². The van der Waals surface area contributed by atoms with Crippen molar-refractivity contribution in [3.05, 3.63) is 11.9 Å². The van der Waals surface area contributed by atoms with Gasteiger partial charge in [0, 0.05) is 26.2 Å². The molecular weight excluding hydrogens is 326 g/mol. The van der Waals surface area contributed by atoms with Crippen molar-refractivity contribution >= 4 is 17.9 Å². The summed E-state index contributed by atoms with van der Waals surface area (Å²) in [6, 6.07) is 0.459. The molecule has 3 aliphatic heterocycles. The number of primary amides is 1. The number of carbonyl (C=O) groups is 2. The Morgan fingerprint density at radius 3 is 2.52 bits per heavy atom. The number of hydrogen-bond donors (Lipinski definition) is 1. The van der Waals surface area contributed by atoms with Crippen molar-refractivity contribution in [1.82, 2.24) is 25.0 Å². The summed E-state index contributed by atoms with van der Waals surface area (Å²) in [7, 11) is 0. The lowest BCUT2D eigenvalue weighted by Gasteiger charge is -2.38. The SMILES string of the molecule is NC(=O)c1cnc(N2CCCC(N3CCN(C4COC4)C3=O)C2)nn1. The van der Waals surface area contributed by atoms with Crippen LogP contribution in [0.15, 0.2) is 6.20 Å². The minimum Gasteiger partial charge on any atom is -0.377 e. The fourth-order valence-corrected chi connectivity index (χ4v) is 3.57. The molecule has 1 aromatic heterocycles. The number of anilines is 1. The molecule has 0 aliphatic carbocycles. The number of aromatic nitrogens is 3. The van der Waals surface area contributed by atoms with E-state index in [0.29, 0.717) is 25.7 Å². The molecule has 2 N–H and O–H groups in total. The summed E-state index contributed by atoms with van der Waals surface area (Å²) in [5, 5.41) is 7.82. The molecule has 1 atom stereocenters. The second kappa shape index (κ2) is 6.43. The smallest absolute Gasteiger partial charge is 0.320 e. The number of nitrogens with zero attached hydrogens (tertiary/aromatic N) is 6. The highest BCUT2D eigenvalue weighted by Gasteiger charge is 2.41. The Morgan fingerprint density at radius 1 is 1.16 bits per heavy atom. The predicted octanol–water partition coefficient (Wildman–Crippen LogP) is -0.924. The summed E-state index contributed by atoms with van der Waals surface area (Å²) in [4.78, 5) is 33.8. The topological polar surface area (TPSA) is 118 Å². The van der Waals surface area contributed by atoms with Crippen LogP contribution in [0.4, 0.5) is 10.7 Å². The molecule has 1 unspecified atom stereocenters. The van der Waals surface area contributed by atoms with Crippen LogP contribution < -0.4 is 10.6 Å². The number of hydrogen-bond acceptors (Lipinski definition) is 7. The molecule has 3 fully saturated rings. The average molecular weight is 347 g/mol. The van der Waals surface area contributed by atoms with Crippen LogP contribution in [0.25, 0.3) is 0 Å². The van der Waals surface area contributed by atoms with Crippen molar-refractivity contribution in [1.29, 1.82) is 0 Å². The van der Waals surface area contributed by atoms with E-state index in [2.05, 4.69) is 15.2 Å². The first-order valence-corrected chi connectivity index (χ1v) is 8.53. The number of rotatable bonds is 4. The van der Waals surface area contributed by atoms with Crippen molar-refractivity contribution in [2.24, 2.45) is 5.73 Å². The molecule has 134 valence electrons. The summed E-state index contributed by atoms with van der Waals surface area (Å²) in [6.07, 6.45) is 3.25. The summed E-state index contributed by atoms with van der Waals surface area (Å²) < 4.78 is 5.20. The number of nitrogens with two attached hydrogens (primary N) is 1. The molecule has 10 nitrogen and oxygen atoms in total. The maximum Gasteiger partial charge on any atom is 0.320 e. The molecule has 4 rings (SSSR count). The number of ether oxygens (including phenoxy) is 1. The minimum atomic E-state index is -0.647. The van der Waals surface area contributed by atoms with Gasteiger partial charge in [-0.25, -0.2) is 9.78 Å². The molecule has 1 aromatic rings. The van der Waals surface area contributed by atoms with Gasteiger partial charge in [-0.2, -0.15) is 0 Å². The predicted molar refractivity (Wildman–Crippen MR) is 87.0 cm³/mol. The van der Waals surface area contributed by atoms with Crippen LogP contribution in [0.1, 0.15) is 23.3 Å². The van der Waals surface area contributed by atoms with Crippen LogP contribution in [-0.4, -0.2) is 88.4 Å². The van der Waals surface area contributed by atoms with E-state index in [4.69, 9.17) is 10.5 Å². The van der Waals surface area contributed by atoms with Crippen LogP contribution in [0.5, 0.6) is 0 Å². The highest BCUT2D eigenvalue weighted by atomic mass is 16.5. The van der Waals surface area contributed by atoms with E-state index in [1.54, 1.807) is 0 Å². The van der Waals surface area contributed by atoms with Crippen LogP contribution in [0.2, 0.25) is 0 Å². The van der Waals surface area contributed by atoms with Crippen LogP contribution >= 0.6 is 0 Å². The summed E-state index contributed by atoms with van der Waals surface area (Å²) in [5.74, 6) is -0.184. The third-order valence-electron chi connectivity index (χ3n) is 5.06. The Hall–Kier alpha value is -2.49. The van der Waals surface area contributed by atoms with E-state index < -0.39 is 5.91 Å². The lowest BCUT2D eigenvalue weighted by Crippen LogP contribution is -2.53. The van der Waals surface area contributed by atoms with Gasteiger partial charge >= 0.3 is 6.03 Å². The van der Waals surface area contributed by atoms with Gasteiger partial charge in [0.2, 0.25) is 5.95 Å². The van der Waals surface area contributed by atoms with E-state index in [-0.39, 0.29) is 23.8 Å². The van der Waals surface area contributed by atoms with E-state index in [1.165, 1.54) is 6.20 Å². The quantitative estimate of drug-likeness (QED) is 0.748. The summed E-state index contributed by atoms with van der Waals surface area (Å²) >= 11 is 0.